The Labute approximate surface area is 67.2 Å². The van der Waals surface area contributed by atoms with Crippen molar-refractivity contribution >= 4 is 10.0 Å². The van der Waals surface area contributed by atoms with Crippen molar-refractivity contribution < 1.29 is 17.4 Å². The van der Waals surface area contributed by atoms with E-state index in [9.17, 15) is 12.9 Å². The van der Waals surface area contributed by atoms with Gasteiger partial charge in [-0.25, -0.2) is 0 Å². The quantitative estimate of drug-likeness (QED) is 0.606. The zero-order valence-electron chi connectivity index (χ0n) is 6.93. The number of hydrogen-bond donors (Lipinski definition) is 1. The van der Waals surface area contributed by atoms with Crippen LogP contribution >= 0.6 is 0 Å². The summed E-state index contributed by atoms with van der Waals surface area (Å²) in [5.74, 6) is -0.0706. The van der Waals surface area contributed by atoms with Crippen molar-refractivity contribution in [2.75, 3.05) is 12.3 Å². The number of sulfonamides is 1. The highest BCUT2D eigenvalue weighted by atomic mass is 32.2. The summed E-state index contributed by atoms with van der Waals surface area (Å²) in [6.45, 7) is 3.51. The first-order valence-electron chi connectivity index (χ1n) is 3.78. The van der Waals surface area contributed by atoms with E-state index in [4.69, 9.17) is 0 Å². The van der Waals surface area contributed by atoms with Crippen molar-refractivity contribution in [1.29, 1.82) is 0 Å². The van der Waals surface area contributed by atoms with Gasteiger partial charge in [-0.3, -0.25) is 0 Å². The summed E-state index contributed by atoms with van der Waals surface area (Å²) in [6.07, 6.45) is 1.01. The van der Waals surface area contributed by atoms with Gasteiger partial charge < -0.3 is 0 Å². The minimum Gasteiger partial charge on any atom is -0.170 e. The molecule has 0 spiro atoms. The van der Waals surface area contributed by atoms with Gasteiger partial charge in [-0.1, -0.05) is 13.8 Å². The molecule has 0 saturated heterocycles. The van der Waals surface area contributed by atoms with Gasteiger partial charge in [-0.15, -0.1) is 0 Å². The Morgan fingerprint density at radius 1 is 1.27 bits per heavy atom. The predicted octanol–water partition coefficient (Wildman–Crippen LogP) is -0.0944. The molecule has 0 aliphatic carbocycles. The molecular weight excluding hydrogens is 169 g/mol. The SMILES string of the molecule is CCC[NH+](F)S(=O)(=O)CCC. The highest BCUT2D eigenvalue weighted by Gasteiger charge is 2.24. The van der Waals surface area contributed by atoms with E-state index in [-0.39, 0.29) is 12.3 Å². The van der Waals surface area contributed by atoms with E-state index in [2.05, 4.69) is 0 Å². The average molecular weight is 184 g/mol. The Morgan fingerprint density at radius 2 is 1.82 bits per heavy atom. The van der Waals surface area contributed by atoms with Crippen LogP contribution in [-0.4, -0.2) is 20.7 Å². The van der Waals surface area contributed by atoms with Gasteiger partial charge in [0.1, 0.15) is 12.3 Å². The van der Waals surface area contributed by atoms with Crippen LogP contribution in [0.1, 0.15) is 26.7 Å². The number of hydrogen-bond acceptors (Lipinski definition) is 2. The van der Waals surface area contributed by atoms with Crippen molar-refractivity contribution in [3.63, 3.8) is 0 Å². The molecule has 0 aromatic rings. The van der Waals surface area contributed by atoms with Crippen LogP contribution in [0.25, 0.3) is 0 Å². The molecule has 1 atom stereocenters. The zero-order valence-corrected chi connectivity index (χ0v) is 7.75. The average Bonchev–Trinajstić information content (AvgIpc) is 1.88. The third-order valence-electron chi connectivity index (χ3n) is 1.26. The molecule has 0 amide bonds. The Balaban J connectivity index is 4.07. The van der Waals surface area contributed by atoms with Crippen molar-refractivity contribution in [3.8, 4) is 0 Å². The summed E-state index contributed by atoms with van der Waals surface area (Å²) in [6, 6.07) is 0. The first-order chi connectivity index (χ1) is 5.04. The van der Waals surface area contributed by atoms with Crippen molar-refractivity contribution in [2.24, 2.45) is 0 Å². The molecule has 0 radical (unpaired) electrons. The number of quaternary nitrogens is 1. The minimum absolute atomic E-state index is 0.0440. The van der Waals surface area contributed by atoms with Crippen molar-refractivity contribution in [2.45, 2.75) is 26.7 Å². The minimum atomic E-state index is -3.52. The Kier molecular flexibility index (Phi) is 4.60. The highest BCUT2D eigenvalue weighted by molar-refractivity contribution is 7.84. The fourth-order valence-corrected chi connectivity index (χ4v) is 2.01. The maximum atomic E-state index is 12.7. The molecule has 3 nitrogen and oxygen atoms in total. The predicted molar refractivity (Wildman–Crippen MR) is 41.3 cm³/mol. The second-order valence-electron chi connectivity index (χ2n) is 2.42. The molecule has 68 valence electrons. The summed E-state index contributed by atoms with van der Waals surface area (Å²) in [5.41, 5.74) is 0. The molecule has 0 aromatic heterocycles. The molecule has 0 saturated carbocycles. The highest BCUT2D eigenvalue weighted by Crippen LogP contribution is 1.83. The monoisotopic (exact) mass is 184 g/mol. The van der Waals surface area contributed by atoms with Crippen LogP contribution in [0.15, 0.2) is 0 Å². The number of rotatable bonds is 5. The van der Waals surface area contributed by atoms with E-state index in [0.717, 1.165) is 0 Å². The second kappa shape index (κ2) is 4.66. The second-order valence-corrected chi connectivity index (χ2v) is 4.50. The van der Waals surface area contributed by atoms with Crippen molar-refractivity contribution in [3.05, 3.63) is 0 Å². The lowest BCUT2D eigenvalue weighted by Crippen LogP contribution is -3.07. The third-order valence-corrected chi connectivity index (χ3v) is 3.08. The first-order valence-corrected chi connectivity index (χ1v) is 5.44. The summed E-state index contributed by atoms with van der Waals surface area (Å²) in [4.78, 5) is 0. The number of halogens is 1. The van der Waals surface area contributed by atoms with Crippen LogP contribution in [0.2, 0.25) is 0 Å². The lowest BCUT2D eigenvalue weighted by molar-refractivity contribution is -0.924. The van der Waals surface area contributed by atoms with E-state index < -0.39 is 14.6 Å². The normalized spacial score (nSPS) is 14.8. The largest absolute Gasteiger partial charge is 0.330 e. The zero-order chi connectivity index (χ0) is 8.91. The van der Waals surface area contributed by atoms with Gasteiger partial charge in [0.05, 0.1) is 0 Å². The van der Waals surface area contributed by atoms with Crippen LogP contribution in [-0.2, 0) is 10.0 Å². The third kappa shape index (κ3) is 3.67. The van der Waals surface area contributed by atoms with E-state index in [1.54, 1.807) is 13.8 Å². The summed E-state index contributed by atoms with van der Waals surface area (Å²) < 4.78 is 33.7. The van der Waals surface area contributed by atoms with E-state index in [1.165, 1.54) is 0 Å². The Bertz CT molecular complexity index is 191. The standard InChI is InChI=1S/C6H14FNO2S/c1-3-5-8(7)11(9,10)6-4-2/h3-6H2,1-2H3/p+1. The van der Waals surface area contributed by atoms with Gasteiger partial charge in [0.25, 0.3) is 0 Å². The summed E-state index contributed by atoms with van der Waals surface area (Å²) in [7, 11) is -3.52. The fourth-order valence-electron chi connectivity index (χ4n) is 0.732. The maximum Gasteiger partial charge on any atom is 0.330 e. The first kappa shape index (κ1) is 10.8. The smallest absolute Gasteiger partial charge is 0.170 e. The van der Waals surface area contributed by atoms with Crippen molar-refractivity contribution in [1.82, 2.24) is 0 Å². The Hall–Kier alpha value is -0.160. The van der Waals surface area contributed by atoms with E-state index in [1.807, 2.05) is 0 Å². The van der Waals surface area contributed by atoms with Gasteiger partial charge >= 0.3 is 10.0 Å². The molecule has 0 heterocycles. The van der Waals surface area contributed by atoms with Crippen LogP contribution in [0.3, 0.4) is 0 Å². The Morgan fingerprint density at radius 3 is 2.18 bits per heavy atom. The molecule has 0 aliphatic rings. The molecule has 1 unspecified atom stereocenters. The molecule has 0 aromatic carbocycles. The molecule has 0 rings (SSSR count). The maximum absolute atomic E-state index is 12.7. The van der Waals surface area contributed by atoms with Crippen LogP contribution in [0, 0.1) is 0 Å². The molecule has 11 heavy (non-hydrogen) atoms. The number of nitrogens with one attached hydrogen (secondary N) is 1. The fraction of sp³-hybridized carbons (Fsp3) is 1.00. The molecule has 1 N–H and O–H groups in total. The van der Waals surface area contributed by atoms with Gasteiger partial charge in [0.2, 0.25) is 0 Å². The van der Waals surface area contributed by atoms with E-state index >= 15 is 0 Å². The molecular formula is C6H15FNO2S+. The molecule has 5 heteroatoms. The van der Waals surface area contributed by atoms with Gasteiger partial charge in [-0.05, 0) is 17.4 Å². The van der Waals surface area contributed by atoms with E-state index in [0.29, 0.717) is 12.8 Å². The summed E-state index contributed by atoms with van der Waals surface area (Å²) >= 11 is 0. The lowest BCUT2D eigenvalue weighted by Gasteiger charge is -2.04. The molecule has 0 bridgehead atoms. The molecule has 0 aliphatic heterocycles. The van der Waals surface area contributed by atoms with Crippen LogP contribution < -0.4 is 4.53 Å². The van der Waals surface area contributed by atoms with Gasteiger partial charge in [0.15, 0.2) is 0 Å². The lowest BCUT2D eigenvalue weighted by atomic mass is 10.5. The van der Waals surface area contributed by atoms with Crippen LogP contribution in [0.4, 0.5) is 4.48 Å². The topological polar surface area (TPSA) is 38.6 Å². The summed E-state index contributed by atoms with van der Waals surface area (Å²) in [5, 5.41) is 0. The van der Waals surface area contributed by atoms with Crippen LogP contribution in [0.5, 0.6) is 0 Å². The molecule has 0 fully saturated rings. The van der Waals surface area contributed by atoms with Gasteiger partial charge in [-0.2, -0.15) is 8.42 Å². The van der Waals surface area contributed by atoms with Gasteiger partial charge in [0, 0.05) is 4.48 Å².